The number of amides is 2. The number of hydrogen-bond acceptors (Lipinski definition) is 3. The third-order valence-corrected chi connectivity index (χ3v) is 4.02. The first-order valence-corrected chi connectivity index (χ1v) is 8.05. The van der Waals surface area contributed by atoms with Gasteiger partial charge >= 0.3 is 0 Å². The predicted molar refractivity (Wildman–Crippen MR) is 98.3 cm³/mol. The lowest BCUT2D eigenvalue weighted by molar-refractivity contribution is -0.121. The Bertz CT molecular complexity index is 818. The van der Waals surface area contributed by atoms with Gasteiger partial charge in [-0.2, -0.15) is 5.10 Å². The largest absolute Gasteiger partial charge is 0.316 e. The fraction of sp³-hybridized carbons (Fsp3) is 0.167. The molecule has 2 amide bonds. The molecule has 1 aliphatic rings. The molecule has 0 saturated carbocycles. The van der Waals surface area contributed by atoms with Gasteiger partial charge in [0.05, 0.1) is 11.4 Å². The SMILES string of the molecule is CC1CC(=O)NN=C1c1ccc(-c2ccccc2)cc1NC(=O)S. The van der Waals surface area contributed by atoms with E-state index in [4.69, 9.17) is 0 Å². The standard InChI is InChI=1S/C18H17N3O2S/c1-11-9-16(22)20-21-17(11)14-8-7-13(10-15(14)19-18(23)24)12-5-3-2-4-6-12/h2-8,10-11H,9H2,1H3,(H,20,22)(H2,19,23,24). The van der Waals surface area contributed by atoms with Crippen molar-refractivity contribution in [1.29, 1.82) is 0 Å². The van der Waals surface area contributed by atoms with Crippen LogP contribution in [0.15, 0.2) is 53.6 Å². The van der Waals surface area contributed by atoms with Gasteiger partial charge in [0.1, 0.15) is 0 Å². The maximum atomic E-state index is 11.5. The van der Waals surface area contributed by atoms with Crippen LogP contribution in [0.4, 0.5) is 10.5 Å². The summed E-state index contributed by atoms with van der Waals surface area (Å²) in [7, 11) is 0. The zero-order valence-corrected chi connectivity index (χ0v) is 14.0. The van der Waals surface area contributed by atoms with E-state index in [-0.39, 0.29) is 11.8 Å². The van der Waals surface area contributed by atoms with Crippen LogP contribution in [0, 0.1) is 5.92 Å². The Labute approximate surface area is 145 Å². The maximum Gasteiger partial charge on any atom is 0.280 e. The first kappa shape index (κ1) is 16.3. The van der Waals surface area contributed by atoms with Crippen molar-refractivity contribution in [2.75, 3.05) is 5.32 Å². The van der Waals surface area contributed by atoms with E-state index < -0.39 is 5.24 Å². The van der Waals surface area contributed by atoms with Gasteiger partial charge in [0.15, 0.2) is 0 Å². The first-order chi connectivity index (χ1) is 11.5. The normalized spacial score (nSPS) is 17.0. The molecular weight excluding hydrogens is 322 g/mol. The van der Waals surface area contributed by atoms with E-state index in [1.165, 1.54) is 0 Å². The highest BCUT2D eigenvalue weighted by Gasteiger charge is 2.24. The average molecular weight is 339 g/mol. The molecule has 1 unspecified atom stereocenters. The van der Waals surface area contributed by atoms with Crippen molar-refractivity contribution in [3.63, 3.8) is 0 Å². The van der Waals surface area contributed by atoms with Gasteiger partial charge in [0, 0.05) is 17.9 Å². The molecule has 2 aromatic rings. The summed E-state index contributed by atoms with van der Waals surface area (Å²) in [5.41, 5.74) is 6.68. The average Bonchev–Trinajstić information content (AvgIpc) is 2.56. The molecule has 24 heavy (non-hydrogen) atoms. The molecule has 6 heteroatoms. The quantitative estimate of drug-likeness (QED) is 0.747. The number of anilines is 1. The lowest BCUT2D eigenvalue weighted by atomic mass is 9.91. The number of thiol groups is 1. The molecule has 0 fully saturated rings. The first-order valence-electron chi connectivity index (χ1n) is 7.61. The van der Waals surface area contributed by atoms with Crippen LogP contribution in [-0.2, 0) is 4.79 Å². The molecule has 0 aliphatic carbocycles. The lowest BCUT2D eigenvalue weighted by Gasteiger charge is -2.21. The van der Waals surface area contributed by atoms with Crippen molar-refractivity contribution in [3.8, 4) is 11.1 Å². The van der Waals surface area contributed by atoms with Crippen LogP contribution in [0.25, 0.3) is 11.1 Å². The van der Waals surface area contributed by atoms with Crippen molar-refractivity contribution in [3.05, 3.63) is 54.1 Å². The topological polar surface area (TPSA) is 70.6 Å². The maximum absolute atomic E-state index is 11.5. The highest BCUT2D eigenvalue weighted by molar-refractivity contribution is 7.96. The summed E-state index contributed by atoms with van der Waals surface area (Å²) >= 11 is 3.82. The second kappa shape index (κ2) is 6.88. The molecular formula is C18H17N3O2S. The molecule has 0 bridgehead atoms. The monoisotopic (exact) mass is 339 g/mol. The summed E-state index contributed by atoms with van der Waals surface area (Å²) in [5, 5.41) is 6.47. The van der Waals surface area contributed by atoms with E-state index in [1.54, 1.807) is 0 Å². The van der Waals surface area contributed by atoms with E-state index in [9.17, 15) is 9.59 Å². The molecule has 1 aliphatic heterocycles. The fourth-order valence-corrected chi connectivity index (χ4v) is 2.90. The van der Waals surface area contributed by atoms with E-state index in [0.29, 0.717) is 12.1 Å². The van der Waals surface area contributed by atoms with E-state index in [2.05, 4.69) is 28.5 Å². The number of benzene rings is 2. The summed E-state index contributed by atoms with van der Waals surface area (Å²) in [5.74, 6) is -0.135. The molecule has 2 N–H and O–H groups in total. The lowest BCUT2D eigenvalue weighted by Crippen LogP contribution is -2.32. The van der Waals surface area contributed by atoms with Crippen LogP contribution >= 0.6 is 12.6 Å². The minimum Gasteiger partial charge on any atom is -0.316 e. The van der Waals surface area contributed by atoms with Gasteiger partial charge in [0.25, 0.3) is 5.24 Å². The van der Waals surface area contributed by atoms with Crippen molar-refractivity contribution >= 4 is 35.2 Å². The highest BCUT2D eigenvalue weighted by atomic mass is 32.1. The molecule has 1 heterocycles. The second-order valence-corrected chi connectivity index (χ2v) is 6.10. The van der Waals surface area contributed by atoms with Crippen LogP contribution in [0.3, 0.4) is 0 Å². The van der Waals surface area contributed by atoms with E-state index >= 15 is 0 Å². The van der Waals surface area contributed by atoms with Crippen molar-refractivity contribution < 1.29 is 9.59 Å². The summed E-state index contributed by atoms with van der Waals surface area (Å²) in [6, 6.07) is 15.7. The zero-order valence-electron chi connectivity index (χ0n) is 13.1. The number of hydrogen-bond donors (Lipinski definition) is 3. The molecule has 5 nitrogen and oxygen atoms in total. The number of nitrogens with zero attached hydrogens (tertiary/aromatic N) is 1. The number of rotatable bonds is 3. The Morgan fingerprint density at radius 3 is 2.62 bits per heavy atom. The van der Waals surface area contributed by atoms with Gasteiger partial charge in [0.2, 0.25) is 5.91 Å². The Hall–Kier alpha value is -2.60. The van der Waals surface area contributed by atoms with Crippen molar-refractivity contribution in [2.45, 2.75) is 13.3 Å². The summed E-state index contributed by atoms with van der Waals surface area (Å²) in [4.78, 5) is 22.9. The second-order valence-electron chi connectivity index (χ2n) is 5.69. The zero-order chi connectivity index (χ0) is 17.1. The Kier molecular flexibility index (Phi) is 4.66. The van der Waals surface area contributed by atoms with Gasteiger partial charge in [-0.1, -0.05) is 62.0 Å². The van der Waals surface area contributed by atoms with Gasteiger partial charge in [-0.3, -0.25) is 9.59 Å². The molecule has 0 saturated heterocycles. The van der Waals surface area contributed by atoms with Crippen LogP contribution in [0.2, 0.25) is 0 Å². The third-order valence-electron chi connectivity index (χ3n) is 3.90. The summed E-state index contributed by atoms with van der Waals surface area (Å²) in [6.45, 7) is 1.94. The number of hydrazone groups is 1. The number of carbonyl (C=O) groups excluding carboxylic acids is 2. The number of nitrogens with one attached hydrogen (secondary N) is 2. The van der Waals surface area contributed by atoms with Crippen LogP contribution in [0.5, 0.6) is 0 Å². The Morgan fingerprint density at radius 1 is 1.21 bits per heavy atom. The molecule has 2 aromatic carbocycles. The van der Waals surface area contributed by atoms with Gasteiger partial charge in [-0.15, -0.1) is 0 Å². The number of carbonyl (C=O) groups is 2. The molecule has 1 atom stereocenters. The smallest absolute Gasteiger partial charge is 0.280 e. The summed E-state index contributed by atoms with van der Waals surface area (Å²) < 4.78 is 0. The van der Waals surface area contributed by atoms with Gasteiger partial charge in [-0.25, -0.2) is 5.43 Å². The predicted octanol–water partition coefficient (Wildman–Crippen LogP) is 3.68. The van der Waals surface area contributed by atoms with Crippen LogP contribution in [-0.4, -0.2) is 16.9 Å². The third kappa shape index (κ3) is 3.49. The summed E-state index contributed by atoms with van der Waals surface area (Å²) in [6.07, 6.45) is 0.369. The minimum atomic E-state index is -0.449. The fourth-order valence-electron chi connectivity index (χ4n) is 2.78. The molecule has 0 radical (unpaired) electrons. The molecule has 122 valence electrons. The molecule has 3 rings (SSSR count). The van der Waals surface area contributed by atoms with E-state index in [0.717, 1.165) is 22.4 Å². The molecule has 0 aromatic heterocycles. The highest BCUT2D eigenvalue weighted by Crippen LogP contribution is 2.29. The van der Waals surface area contributed by atoms with Crippen molar-refractivity contribution in [2.24, 2.45) is 11.0 Å². The molecule has 0 spiro atoms. The van der Waals surface area contributed by atoms with E-state index in [1.807, 2.05) is 55.5 Å². The van der Waals surface area contributed by atoms with Gasteiger partial charge < -0.3 is 5.32 Å². The Balaban J connectivity index is 2.06. The van der Waals surface area contributed by atoms with Crippen molar-refractivity contribution in [1.82, 2.24) is 5.43 Å². The van der Waals surface area contributed by atoms with Crippen LogP contribution in [0.1, 0.15) is 18.9 Å². The minimum absolute atomic E-state index is 0.0307. The van der Waals surface area contributed by atoms with Gasteiger partial charge in [-0.05, 0) is 17.2 Å². The Morgan fingerprint density at radius 2 is 1.96 bits per heavy atom. The van der Waals surface area contributed by atoms with Crippen LogP contribution < -0.4 is 10.7 Å².